The van der Waals surface area contributed by atoms with Crippen molar-refractivity contribution in [3.63, 3.8) is 0 Å². The fourth-order valence-electron chi connectivity index (χ4n) is 7.69. The van der Waals surface area contributed by atoms with Crippen molar-refractivity contribution in [1.29, 1.82) is 5.41 Å². The minimum Gasteiger partial charge on any atom is -0.387 e. The van der Waals surface area contributed by atoms with Crippen LogP contribution in [-0.4, -0.2) is 100 Å². The monoisotopic (exact) mass is 719 g/mol. The largest absolute Gasteiger partial charge is 0.387 e. The molecule has 3 aromatic rings. The zero-order valence-corrected chi connectivity index (χ0v) is 29.7. The number of hydrogen-bond acceptors (Lipinski definition) is 11. The lowest BCUT2D eigenvalue weighted by atomic mass is 9.96. The first kappa shape index (κ1) is 35.9. The minimum atomic E-state index is -0.990. The molecule has 14 nitrogen and oxygen atoms in total. The summed E-state index contributed by atoms with van der Waals surface area (Å²) in [6.45, 7) is 3.93. The number of unbranched alkanes of at least 4 members (excludes halogenated alkanes) is 2. The summed E-state index contributed by atoms with van der Waals surface area (Å²) in [4.78, 5) is 75.3. The second-order valence-electron chi connectivity index (χ2n) is 14.2. The summed E-state index contributed by atoms with van der Waals surface area (Å²) in [7, 11) is 0. The number of rotatable bonds is 13. The third-order valence-electron chi connectivity index (χ3n) is 10.7. The highest BCUT2D eigenvalue weighted by Gasteiger charge is 2.44. The van der Waals surface area contributed by atoms with Crippen molar-refractivity contribution in [1.82, 2.24) is 35.7 Å². The number of carbonyl (C=O) groups excluding carboxylic acids is 5. The Bertz CT molecular complexity index is 1970. The topological polar surface area (TPSA) is 190 Å². The summed E-state index contributed by atoms with van der Waals surface area (Å²) in [5.41, 5.74) is 5.47. The van der Waals surface area contributed by atoms with E-state index in [2.05, 4.69) is 32.3 Å². The molecule has 4 aliphatic rings. The molecule has 0 saturated carbocycles. The maximum Gasteiger partial charge on any atom is 0.262 e. The van der Waals surface area contributed by atoms with Crippen molar-refractivity contribution in [2.75, 3.05) is 38.0 Å². The van der Waals surface area contributed by atoms with Crippen LogP contribution >= 0.6 is 0 Å². The average molecular weight is 720 g/mol. The SMILES string of the molecule is N=C/C(=C\NC1CCN(C(=O)CCCCCNc2ccc3c(c2)C(=O)N(C2CCC(=O)NC2=O)C3=O)CC1)c1cnc2cccc(C3CCNC3)c2n1. The summed E-state index contributed by atoms with van der Waals surface area (Å²) < 4.78 is 0. The van der Waals surface area contributed by atoms with Crippen molar-refractivity contribution in [2.24, 2.45) is 0 Å². The third kappa shape index (κ3) is 7.82. The molecule has 7 rings (SSSR count). The van der Waals surface area contributed by atoms with Gasteiger partial charge in [0.05, 0.1) is 34.1 Å². The van der Waals surface area contributed by atoms with Gasteiger partial charge in [0.1, 0.15) is 6.04 Å². The van der Waals surface area contributed by atoms with Crippen molar-refractivity contribution in [2.45, 2.75) is 75.8 Å². The quantitative estimate of drug-likeness (QED) is 0.0996. The average Bonchev–Trinajstić information content (AvgIpc) is 3.80. The lowest BCUT2D eigenvalue weighted by Crippen LogP contribution is -2.54. The van der Waals surface area contributed by atoms with Crippen LogP contribution in [-0.2, 0) is 14.4 Å². The van der Waals surface area contributed by atoms with E-state index in [0.29, 0.717) is 48.9 Å². The summed E-state index contributed by atoms with van der Waals surface area (Å²) >= 11 is 0. The first-order chi connectivity index (χ1) is 25.8. The molecule has 2 aromatic carbocycles. The van der Waals surface area contributed by atoms with Gasteiger partial charge in [-0.05, 0) is 80.8 Å². The van der Waals surface area contributed by atoms with Crippen LogP contribution in [0, 0.1) is 5.41 Å². The van der Waals surface area contributed by atoms with E-state index < -0.39 is 29.7 Å². The van der Waals surface area contributed by atoms with Gasteiger partial charge in [-0.2, -0.15) is 0 Å². The standard InChI is InChI=1S/C39H45N9O5/c40-20-25(32-23-44-31-6-4-5-28(36(31)45-32)24-12-16-41-21-24)22-43-26-13-17-47(18-14-26)35(50)7-2-1-3-15-42-27-8-9-29-30(19-27)39(53)48(38(29)52)33-10-11-34(49)46-37(33)51/h4-6,8-9,19-20,22-24,26,33,40-43H,1-3,7,10-18,21H2,(H,46,49,51)/b25-22+,40-20?. The third-order valence-corrected chi connectivity index (χ3v) is 10.7. The highest BCUT2D eigenvalue weighted by atomic mass is 16.2. The van der Waals surface area contributed by atoms with Crippen LogP contribution in [0.15, 0.2) is 48.8 Å². The Labute approximate surface area is 307 Å². The number of anilines is 1. The van der Waals surface area contributed by atoms with Crippen LogP contribution in [0.5, 0.6) is 0 Å². The number of fused-ring (bicyclic) bond motifs is 2. The Hall–Kier alpha value is -5.50. The normalized spacial score (nSPS) is 20.9. The van der Waals surface area contributed by atoms with Crippen LogP contribution < -0.4 is 21.3 Å². The lowest BCUT2D eigenvalue weighted by Gasteiger charge is -2.32. The van der Waals surface area contributed by atoms with E-state index in [9.17, 15) is 24.0 Å². The van der Waals surface area contributed by atoms with Crippen molar-refractivity contribution < 1.29 is 24.0 Å². The van der Waals surface area contributed by atoms with Crippen molar-refractivity contribution in [3.05, 3.63) is 71.2 Å². The van der Waals surface area contributed by atoms with E-state index in [1.807, 2.05) is 23.2 Å². The maximum absolute atomic E-state index is 13.1. The van der Waals surface area contributed by atoms with Gasteiger partial charge in [-0.25, -0.2) is 4.98 Å². The van der Waals surface area contributed by atoms with E-state index in [1.165, 1.54) is 11.8 Å². The van der Waals surface area contributed by atoms with Crippen LogP contribution in [0.1, 0.15) is 95.7 Å². The van der Waals surface area contributed by atoms with Crippen molar-refractivity contribution in [3.8, 4) is 0 Å². The summed E-state index contributed by atoms with van der Waals surface area (Å²) in [6, 6.07) is 10.3. The van der Waals surface area contributed by atoms with Gasteiger partial charge in [-0.3, -0.25) is 39.2 Å². The Balaban J connectivity index is 0.822. The van der Waals surface area contributed by atoms with Crippen molar-refractivity contribution >= 4 is 58.0 Å². The van der Waals surface area contributed by atoms with Gasteiger partial charge in [0.25, 0.3) is 11.8 Å². The number of allylic oxidation sites excluding steroid dienone is 1. The van der Waals surface area contributed by atoms with Gasteiger partial charge in [0.2, 0.25) is 17.7 Å². The molecule has 3 fully saturated rings. The number of benzene rings is 2. The molecule has 0 spiro atoms. The van der Waals surface area contributed by atoms with E-state index in [4.69, 9.17) is 10.4 Å². The number of piperidine rings is 2. The molecule has 5 heterocycles. The van der Waals surface area contributed by atoms with Gasteiger partial charge in [-0.15, -0.1) is 0 Å². The smallest absolute Gasteiger partial charge is 0.262 e. The van der Waals surface area contributed by atoms with E-state index >= 15 is 0 Å². The number of imide groups is 2. The van der Waals surface area contributed by atoms with Crippen LogP contribution in [0.4, 0.5) is 5.69 Å². The number of nitrogens with zero attached hydrogens (tertiary/aromatic N) is 4. The number of carbonyl (C=O) groups is 5. The molecule has 2 unspecified atom stereocenters. The number of hydrogen-bond donors (Lipinski definition) is 5. The summed E-state index contributed by atoms with van der Waals surface area (Å²) in [5, 5.41) is 20.5. The molecule has 276 valence electrons. The molecule has 2 atom stereocenters. The molecule has 14 heteroatoms. The van der Waals surface area contributed by atoms with Gasteiger partial charge in [-0.1, -0.05) is 18.6 Å². The summed E-state index contributed by atoms with van der Waals surface area (Å²) in [6.07, 6.45) is 10.7. The zero-order valence-electron chi connectivity index (χ0n) is 29.7. The highest BCUT2D eigenvalue weighted by Crippen LogP contribution is 2.30. The van der Waals surface area contributed by atoms with Crippen LogP contribution in [0.2, 0.25) is 0 Å². The molecule has 0 radical (unpaired) electrons. The molecule has 0 bridgehead atoms. The van der Waals surface area contributed by atoms with Gasteiger partial charge in [0, 0.05) is 68.7 Å². The zero-order chi connectivity index (χ0) is 36.9. The Kier molecular flexibility index (Phi) is 10.9. The predicted octanol–water partition coefficient (Wildman–Crippen LogP) is 3.35. The highest BCUT2D eigenvalue weighted by molar-refractivity contribution is 6.23. The Morgan fingerprint density at radius 2 is 1.81 bits per heavy atom. The van der Waals surface area contributed by atoms with Gasteiger partial charge in [0.15, 0.2) is 0 Å². The van der Waals surface area contributed by atoms with E-state index in [-0.39, 0.29) is 35.9 Å². The van der Waals surface area contributed by atoms with Crippen LogP contribution in [0.25, 0.3) is 16.6 Å². The summed E-state index contributed by atoms with van der Waals surface area (Å²) in [5.74, 6) is -1.52. The second-order valence-corrected chi connectivity index (χ2v) is 14.2. The van der Waals surface area contributed by atoms with Crippen LogP contribution in [0.3, 0.4) is 0 Å². The Morgan fingerprint density at radius 3 is 2.58 bits per heavy atom. The molecule has 1 aromatic heterocycles. The predicted molar refractivity (Wildman–Crippen MR) is 199 cm³/mol. The molecular weight excluding hydrogens is 674 g/mol. The van der Waals surface area contributed by atoms with E-state index in [0.717, 1.165) is 67.5 Å². The molecule has 3 saturated heterocycles. The molecular formula is C39H45N9O5. The van der Waals surface area contributed by atoms with E-state index in [1.54, 1.807) is 24.4 Å². The number of nitrogens with one attached hydrogen (secondary N) is 5. The number of aromatic nitrogens is 2. The molecule has 5 amide bonds. The maximum atomic E-state index is 13.1. The van der Waals surface area contributed by atoms with Gasteiger partial charge >= 0.3 is 0 Å². The molecule has 53 heavy (non-hydrogen) atoms. The first-order valence-electron chi connectivity index (χ1n) is 18.6. The fraction of sp³-hybridized carbons (Fsp3) is 0.436. The number of amides is 5. The van der Waals surface area contributed by atoms with Gasteiger partial charge < -0.3 is 26.3 Å². The first-order valence-corrected chi connectivity index (χ1v) is 18.6. The molecule has 5 N–H and O–H groups in total. The number of likely N-dealkylation sites (tertiary alicyclic amines) is 1. The Morgan fingerprint density at radius 1 is 0.981 bits per heavy atom. The fourth-order valence-corrected chi connectivity index (χ4v) is 7.69. The number of para-hydroxylation sites is 1. The molecule has 0 aliphatic carbocycles. The molecule has 4 aliphatic heterocycles. The lowest BCUT2D eigenvalue weighted by molar-refractivity contribution is -0.136. The minimum absolute atomic E-state index is 0.0770. The second kappa shape index (κ2) is 16.0.